The molecule has 1 aliphatic rings. The number of ether oxygens (including phenoxy) is 1. The monoisotopic (exact) mass is 377 g/mol. The van der Waals surface area contributed by atoms with E-state index in [1.165, 1.54) is 19.2 Å². The van der Waals surface area contributed by atoms with Crippen LogP contribution < -0.4 is 4.74 Å². The lowest BCUT2D eigenvalue weighted by molar-refractivity contribution is -0.123. The third kappa shape index (κ3) is 3.70. The Labute approximate surface area is 153 Å². The van der Waals surface area contributed by atoms with Gasteiger partial charge in [0, 0.05) is 10.6 Å². The van der Waals surface area contributed by atoms with Crippen molar-refractivity contribution in [2.75, 3.05) is 7.11 Å². The summed E-state index contributed by atoms with van der Waals surface area (Å²) < 4.78 is 18.4. The summed E-state index contributed by atoms with van der Waals surface area (Å²) >= 11 is 6.83. The Kier molecular flexibility index (Phi) is 5.11. The molecule has 1 heterocycles. The van der Waals surface area contributed by atoms with Crippen molar-refractivity contribution in [3.63, 3.8) is 0 Å². The van der Waals surface area contributed by atoms with Gasteiger partial charge in [-0.1, -0.05) is 35.9 Å². The van der Waals surface area contributed by atoms with Gasteiger partial charge in [0.15, 0.2) is 0 Å². The van der Waals surface area contributed by atoms with Gasteiger partial charge in [-0.25, -0.2) is 4.39 Å². The molecule has 0 bridgehead atoms. The summed E-state index contributed by atoms with van der Waals surface area (Å²) in [5.41, 5.74) is 1.21. The van der Waals surface area contributed by atoms with E-state index in [2.05, 4.69) is 0 Å². The molecule has 1 saturated heterocycles. The second-order valence-corrected chi connectivity index (χ2v) is 6.65. The third-order valence-corrected chi connectivity index (χ3v) is 4.90. The van der Waals surface area contributed by atoms with Crippen LogP contribution in [0.3, 0.4) is 0 Å². The SMILES string of the molecule is COc1ccccc1/C=C1\SC(=O)N(Cc2ccc(F)cc2Cl)C1=O. The molecule has 2 aromatic carbocycles. The molecule has 4 nitrogen and oxygen atoms in total. The average molecular weight is 378 g/mol. The van der Waals surface area contributed by atoms with E-state index >= 15 is 0 Å². The minimum Gasteiger partial charge on any atom is -0.496 e. The van der Waals surface area contributed by atoms with Crippen LogP contribution in [0.4, 0.5) is 9.18 Å². The number of hydrogen-bond donors (Lipinski definition) is 0. The number of carbonyl (C=O) groups excluding carboxylic acids is 2. The minimum atomic E-state index is -0.473. The zero-order valence-corrected chi connectivity index (χ0v) is 14.7. The van der Waals surface area contributed by atoms with E-state index < -0.39 is 17.0 Å². The molecule has 0 radical (unpaired) electrons. The summed E-state index contributed by atoms with van der Waals surface area (Å²) in [5, 5.41) is -0.223. The second kappa shape index (κ2) is 7.29. The maximum absolute atomic E-state index is 13.1. The zero-order valence-electron chi connectivity index (χ0n) is 13.2. The number of rotatable bonds is 4. The van der Waals surface area contributed by atoms with Crippen molar-refractivity contribution in [1.82, 2.24) is 4.90 Å². The van der Waals surface area contributed by atoms with Crippen molar-refractivity contribution in [2.24, 2.45) is 0 Å². The van der Waals surface area contributed by atoms with Gasteiger partial charge >= 0.3 is 0 Å². The molecule has 128 valence electrons. The minimum absolute atomic E-state index is 0.00690. The summed E-state index contributed by atoms with van der Waals surface area (Å²) in [4.78, 5) is 26.1. The van der Waals surface area contributed by atoms with Crippen LogP contribution >= 0.6 is 23.4 Å². The predicted octanol–water partition coefficient (Wildman–Crippen LogP) is 4.72. The Balaban J connectivity index is 1.86. The van der Waals surface area contributed by atoms with Crippen LogP contribution in [-0.2, 0) is 11.3 Å². The molecule has 1 aliphatic heterocycles. The molecule has 0 unspecified atom stereocenters. The van der Waals surface area contributed by atoms with Crippen LogP contribution in [0.25, 0.3) is 6.08 Å². The number of methoxy groups -OCH3 is 1. The highest BCUT2D eigenvalue weighted by Gasteiger charge is 2.35. The zero-order chi connectivity index (χ0) is 18.0. The second-order valence-electron chi connectivity index (χ2n) is 5.25. The lowest BCUT2D eigenvalue weighted by Crippen LogP contribution is -2.27. The lowest BCUT2D eigenvalue weighted by Gasteiger charge is -2.13. The van der Waals surface area contributed by atoms with E-state index in [-0.39, 0.29) is 11.6 Å². The topological polar surface area (TPSA) is 46.6 Å². The fraction of sp³-hybridized carbons (Fsp3) is 0.111. The molecular weight excluding hydrogens is 365 g/mol. The van der Waals surface area contributed by atoms with Crippen LogP contribution in [0.5, 0.6) is 5.75 Å². The van der Waals surface area contributed by atoms with E-state index in [1.807, 2.05) is 12.1 Å². The highest BCUT2D eigenvalue weighted by Crippen LogP contribution is 2.35. The highest BCUT2D eigenvalue weighted by molar-refractivity contribution is 8.18. The molecule has 0 aliphatic carbocycles. The summed E-state index contributed by atoms with van der Waals surface area (Å²) in [7, 11) is 1.54. The molecule has 25 heavy (non-hydrogen) atoms. The number of halogens is 2. The summed E-state index contributed by atoms with van der Waals surface area (Å²) in [6.45, 7) is -0.00690. The number of benzene rings is 2. The van der Waals surface area contributed by atoms with Gasteiger partial charge in [-0.15, -0.1) is 0 Å². The molecule has 1 fully saturated rings. The normalized spacial score (nSPS) is 16.0. The fourth-order valence-electron chi connectivity index (χ4n) is 2.38. The van der Waals surface area contributed by atoms with Crippen molar-refractivity contribution in [3.8, 4) is 5.75 Å². The third-order valence-electron chi connectivity index (χ3n) is 3.64. The quantitative estimate of drug-likeness (QED) is 0.723. The first kappa shape index (κ1) is 17.5. The van der Waals surface area contributed by atoms with Crippen LogP contribution in [0, 0.1) is 5.82 Å². The molecule has 2 amide bonds. The van der Waals surface area contributed by atoms with E-state index in [0.29, 0.717) is 21.8 Å². The Morgan fingerprint density at radius 3 is 2.72 bits per heavy atom. The number of thioether (sulfide) groups is 1. The first-order valence-electron chi connectivity index (χ1n) is 7.32. The van der Waals surface area contributed by atoms with Crippen LogP contribution in [-0.4, -0.2) is 23.2 Å². The molecule has 0 aromatic heterocycles. The molecule has 0 saturated carbocycles. The molecular formula is C18H13ClFNO3S. The van der Waals surface area contributed by atoms with Crippen molar-refractivity contribution >= 4 is 40.6 Å². The average Bonchev–Trinajstić information content (AvgIpc) is 2.85. The Morgan fingerprint density at radius 2 is 2.00 bits per heavy atom. The van der Waals surface area contributed by atoms with Crippen molar-refractivity contribution in [1.29, 1.82) is 0 Å². The maximum atomic E-state index is 13.1. The van der Waals surface area contributed by atoms with Crippen molar-refractivity contribution in [2.45, 2.75) is 6.54 Å². The van der Waals surface area contributed by atoms with Gasteiger partial charge in [-0.2, -0.15) is 0 Å². The van der Waals surface area contributed by atoms with Crippen LogP contribution in [0.2, 0.25) is 5.02 Å². The Hall–Kier alpha value is -2.31. The predicted molar refractivity (Wildman–Crippen MR) is 95.9 cm³/mol. The molecule has 3 rings (SSSR count). The van der Waals surface area contributed by atoms with Crippen molar-refractivity contribution in [3.05, 3.63) is 69.3 Å². The number of amides is 2. The van der Waals surface area contributed by atoms with E-state index in [9.17, 15) is 14.0 Å². The first-order chi connectivity index (χ1) is 12.0. The standard InChI is InChI=1S/C18H13ClFNO3S/c1-24-15-5-3-2-4-11(15)8-16-17(22)21(18(23)25-16)10-12-6-7-13(20)9-14(12)19/h2-9H,10H2,1H3/b16-8-. The highest BCUT2D eigenvalue weighted by atomic mass is 35.5. The number of hydrogen-bond acceptors (Lipinski definition) is 4. The van der Waals surface area contributed by atoms with E-state index in [4.69, 9.17) is 16.3 Å². The van der Waals surface area contributed by atoms with Crippen molar-refractivity contribution < 1.29 is 18.7 Å². The lowest BCUT2D eigenvalue weighted by atomic mass is 10.1. The summed E-state index contributed by atoms with van der Waals surface area (Å²) in [6.07, 6.45) is 1.62. The van der Waals surface area contributed by atoms with Gasteiger partial charge in [0.2, 0.25) is 0 Å². The van der Waals surface area contributed by atoms with E-state index in [0.717, 1.165) is 22.7 Å². The number of para-hydroxylation sites is 1. The van der Waals surface area contributed by atoms with Gasteiger partial charge in [0.1, 0.15) is 11.6 Å². The number of nitrogens with zero attached hydrogens (tertiary/aromatic N) is 1. The van der Waals surface area contributed by atoms with Crippen LogP contribution in [0.1, 0.15) is 11.1 Å². The largest absolute Gasteiger partial charge is 0.496 e. The molecule has 0 atom stereocenters. The number of imide groups is 1. The summed E-state index contributed by atoms with van der Waals surface area (Å²) in [6, 6.07) is 11.1. The molecule has 0 spiro atoms. The van der Waals surface area contributed by atoms with Gasteiger partial charge in [-0.3, -0.25) is 14.5 Å². The van der Waals surface area contributed by atoms with Gasteiger partial charge in [0.25, 0.3) is 11.1 Å². The molecule has 0 N–H and O–H groups in total. The fourth-order valence-corrected chi connectivity index (χ4v) is 3.44. The molecule has 2 aromatic rings. The number of carbonyl (C=O) groups is 2. The van der Waals surface area contributed by atoms with Gasteiger partial charge in [0.05, 0.1) is 18.6 Å². The van der Waals surface area contributed by atoms with Crippen LogP contribution in [0.15, 0.2) is 47.4 Å². The first-order valence-corrected chi connectivity index (χ1v) is 8.51. The smallest absolute Gasteiger partial charge is 0.293 e. The maximum Gasteiger partial charge on any atom is 0.293 e. The van der Waals surface area contributed by atoms with Gasteiger partial charge < -0.3 is 4.74 Å². The molecule has 7 heteroatoms. The van der Waals surface area contributed by atoms with E-state index in [1.54, 1.807) is 18.2 Å². The van der Waals surface area contributed by atoms with Gasteiger partial charge in [-0.05, 0) is 41.6 Å². The Bertz CT molecular complexity index is 884. The summed E-state index contributed by atoms with van der Waals surface area (Å²) in [5.74, 6) is -0.281. The Morgan fingerprint density at radius 1 is 1.24 bits per heavy atom.